The van der Waals surface area contributed by atoms with E-state index < -0.39 is 6.04 Å². The summed E-state index contributed by atoms with van der Waals surface area (Å²) in [5.41, 5.74) is 0.868. The van der Waals surface area contributed by atoms with Gasteiger partial charge in [-0.15, -0.1) is 0 Å². The largest absolute Gasteiger partial charge is 0.497 e. The van der Waals surface area contributed by atoms with Crippen molar-refractivity contribution in [3.8, 4) is 17.2 Å². The molecule has 1 atom stereocenters. The lowest BCUT2D eigenvalue weighted by atomic mass is 10.1. The van der Waals surface area contributed by atoms with E-state index in [9.17, 15) is 9.59 Å². The Morgan fingerprint density at radius 3 is 2.19 bits per heavy atom. The predicted octanol–water partition coefficient (Wildman–Crippen LogP) is 3.41. The number of nitrogens with one attached hydrogen (secondary N) is 1. The molecular weight excluding hydrogens is 396 g/mol. The van der Waals surface area contributed by atoms with Crippen LogP contribution < -0.4 is 19.5 Å². The second kappa shape index (κ2) is 11.8. The van der Waals surface area contributed by atoms with E-state index in [-0.39, 0.29) is 31.0 Å². The number of hydrogen-bond acceptors (Lipinski definition) is 5. The van der Waals surface area contributed by atoms with Crippen LogP contribution in [0.5, 0.6) is 17.2 Å². The topological polar surface area (TPSA) is 77.1 Å². The van der Waals surface area contributed by atoms with Crippen LogP contribution in [0.25, 0.3) is 0 Å². The molecule has 7 heteroatoms. The summed E-state index contributed by atoms with van der Waals surface area (Å²) in [6.07, 6.45) is 0.483. The molecule has 0 heterocycles. The van der Waals surface area contributed by atoms with Gasteiger partial charge in [0.2, 0.25) is 5.91 Å². The van der Waals surface area contributed by atoms with E-state index >= 15 is 0 Å². The molecule has 2 aromatic rings. The Balaban J connectivity index is 2.21. The Hall–Kier alpha value is -3.22. The van der Waals surface area contributed by atoms with E-state index in [1.54, 1.807) is 43.4 Å². The molecule has 31 heavy (non-hydrogen) atoms. The Bertz CT molecular complexity index is 851. The van der Waals surface area contributed by atoms with Crippen LogP contribution in [-0.4, -0.2) is 49.6 Å². The zero-order valence-electron chi connectivity index (χ0n) is 18.9. The molecule has 7 nitrogen and oxygen atoms in total. The Morgan fingerprint density at radius 1 is 0.968 bits per heavy atom. The lowest BCUT2D eigenvalue weighted by molar-refractivity contribution is -0.143. The first-order chi connectivity index (χ1) is 14.9. The van der Waals surface area contributed by atoms with Crippen molar-refractivity contribution in [2.45, 2.75) is 45.8 Å². The maximum absolute atomic E-state index is 13.2. The van der Waals surface area contributed by atoms with Gasteiger partial charge in [-0.05, 0) is 62.2 Å². The first kappa shape index (κ1) is 24.1. The van der Waals surface area contributed by atoms with Crippen LogP contribution in [0, 0.1) is 0 Å². The van der Waals surface area contributed by atoms with Crippen molar-refractivity contribution in [2.24, 2.45) is 0 Å². The summed E-state index contributed by atoms with van der Waals surface area (Å²) < 4.78 is 16.1. The van der Waals surface area contributed by atoms with Crippen molar-refractivity contribution in [3.63, 3.8) is 0 Å². The summed E-state index contributed by atoms with van der Waals surface area (Å²) in [5, 5.41) is 2.91. The maximum atomic E-state index is 13.2. The highest BCUT2D eigenvalue weighted by Gasteiger charge is 2.29. The third-order valence-electron chi connectivity index (χ3n) is 4.73. The minimum atomic E-state index is -0.611. The molecular formula is C24H32N2O5. The highest BCUT2D eigenvalue weighted by molar-refractivity contribution is 5.88. The van der Waals surface area contributed by atoms with Crippen LogP contribution in [-0.2, 0) is 16.1 Å². The first-order valence-corrected chi connectivity index (χ1v) is 10.4. The highest BCUT2D eigenvalue weighted by atomic mass is 16.5. The average molecular weight is 429 g/mol. The number of methoxy groups -OCH3 is 2. The molecule has 168 valence electrons. The van der Waals surface area contributed by atoms with Crippen LogP contribution in [0.2, 0.25) is 0 Å². The molecule has 0 bridgehead atoms. The van der Waals surface area contributed by atoms with E-state index in [0.717, 1.165) is 5.56 Å². The first-order valence-electron chi connectivity index (χ1n) is 10.4. The van der Waals surface area contributed by atoms with Crippen LogP contribution in [0.4, 0.5) is 0 Å². The summed E-state index contributed by atoms with van der Waals surface area (Å²) in [6.45, 7) is 5.77. The van der Waals surface area contributed by atoms with Crippen LogP contribution >= 0.6 is 0 Å². The second-order valence-electron chi connectivity index (χ2n) is 7.42. The van der Waals surface area contributed by atoms with Gasteiger partial charge in [-0.2, -0.15) is 0 Å². The van der Waals surface area contributed by atoms with E-state index in [0.29, 0.717) is 23.7 Å². The fraction of sp³-hybridized carbons (Fsp3) is 0.417. The number of ether oxygens (including phenoxy) is 3. The molecule has 2 aromatic carbocycles. The molecule has 1 unspecified atom stereocenters. The molecule has 0 aromatic heterocycles. The minimum absolute atomic E-state index is 0.0223. The monoisotopic (exact) mass is 428 g/mol. The van der Waals surface area contributed by atoms with Crippen molar-refractivity contribution >= 4 is 11.8 Å². The third kappa shape index (κ3) is 7.20. The van der Waals surface area contributed by atoms with Gasteiger partial charge in [-0.1, -0.05) is 19.1 Å². The summed E-state index contributed by atoms with van der Waals surface area (Å²) in [5.74, 6) is 1.49. The van der Waals surface area contributed by atoms with E-state index in [4.69, 9.17) is 14.2 Å². The molecule has 0 aliphatic heterocycles. The smallest absolute Gasteiger partial charge is 0.261 e. The zero-order chi connectivity index (χ0) is 22.8. The number of nitrogens with zero attached hydrogens (tertiary/aromatic N) is 1. The maximum Gasteiger partial charge on any atom is 0.261 e. The van der Waals surface area contributed by atoms with E-state index in [1.165, 1.54) is 0 Å². The van der Waals surface area contributed by atoms with Crippen molar-refractivity contribution in [1.82, 2.24) is 10.2 Å². The van der Waals surface area contributed by atoms with Gasteiger partial charge in [-0.25, -0.2) is 0 Å². The van der Waals surface area contributed by atoms with Crippen molar-refractivity contribution in [3.05, 3.63) is 54.1 Å². The van der Waals surface area contributed by atoms with Gasteiger partial charge in [-0.3, -0.25) is 9.59 Å². The summed E-state index contributed by atoms with van der Waals surface area (Å²) >= 11 is 0. The number of rotatable bonds is 11. The zero-order valence-corrected chi connectivity index (χ0v) is 18.9. The highest BCUT2D eigenvalue weighted by Crippen LogP contribution is 2.19. The predicted molar refractivity (Wildman–Crippen MR) is 119 cm³/mol. The SMILES string of the molecule is CCC(C(=O)NC(C)C)N(Cc1cccc(OC)c1)C(=O)COc1ccc(OC)cc1. The Morgan fingerprint density at radius 2 is 1.61 bits per heavy atom. The minimum Gasteiger partial charge on any atom is -0.497 e. The van der Waals surface area contributed by atoms with Crippen LogP contribution in [0.15, 0.2) is 48.5 Å². The van der Waals surface area contributed by atoms with E-state index in [1.807, 2.05) is 45.0 Å². The molecule has 0 aliphatic rings. The number of amides is 2. The molecule has 0 radical (unpaired) electrons. The van der Waals surface area contributed by atoms with Gasteiger partial charge in [0.1, 0.15) is 23.3 Å². The van der Waals surface area contributed by atoms with E-state index in [2.05, 4.69) is 5.32 Å². The summed E-state index contributed by atoms with van der Waals surface area (Å²) in [6, 6.07) is 13.8. The van der Waals surface area contributed by atoms with Crippen molar-refractivity contribution < 1.29 is 23.8 Å². The Labute approximate surface area is 184 Å². The molecule has 0 spiro atoms. The number of hydrogen-bond donors (Lipinski definition) is 1. The molecule has 1 N–H and O–H groups in total. The van der Waals surface area contributed by atoms with Gasteiger partial charge in [0.15, 0.2) is 6.61 Å². The van der Waals surface area contributed by atoms with Gasteiger partial charge in [0.05, 0.1) is 14.2 Å². The Kier molecular flexibility index (Phi) is 9.18. The number of carbonyl (C=O) groups is 2. The van der Waals surface area contributed by atoms with Crippen molar-refractivity contribution in [2.75, 3.05) is 20.8 Å². The fourth-order valence-electron chi connectivity index (χ4n) is 3.17. The molecule has 0 aliphatic carbocycles. The summed E-state index contributed by atoms with van der Waals surface area (Å²) in [7, 11) is 3.18. The normalized spacial score (nSPS) is 11.5. The van der Waals surface area contributed by atoms with Gasteiger partial charge < -0.3 is 24.4 Å². The second-order valence-corrected chi connectivity index (χ2v) is 7.42. The standard InChI is InChI=1S/C24H32N2O5/c1-6-22(24(28)25-17(2)3)26(15-18-8-7-9-21(14-18)30-5)23(27)16-31-20-12-10-19(29-4)11-13-20/h7-14,17,22H,6,15-16H2,1-5H3,(H,25,28). The molecule has 2 amide bonds. The lowest BCUT2D eigenvalue weighted by Crippen LogP contribution is -2.51. The molecule has 0 saturated carbocycles. The number of carbonyl (C=O) groups excluding carboxylic acids is 2. The average Bonchev–Trinajstić information content (AvgIpc) is 2.77. The lowest BCUT2D eigenvalue weighted by Gasteiger charge is -2.31. The summed E-state index contributed by atoms with van der Waals surface area (Å²) in [4.78, 5) is 27.5. The van der Waals surface area contributed by atoms with Crippen LogP contribution in [0.1, 0.15) is 32.8 Å². The van der Waals surface area contributed by atoms with Crippen LogP contribution in [0.3, 0.4) is 0 Å². The van der Waals surface area contributed by atoms with Crippen molar-refractivity contribution in [1.29, 1.82) is 0 Å². The molecule has 2 rings (SSSR count). The molecule has 0 saturated heterocycles. The van der Waals surface area contributed by atoms with Gasteiger partial charge >= 0.3 is 0 Å². The quantitative estimate of drug-likeness (QED) is 0.594. The number of benzene rings is 2. The van der Waals surface area contributed by atoms with Gasteiger partial charge in [0, 0.05) is 12.6 Å². The van der Waals surface area contributed by atoms with Gasteiger partial charge in [0.25, 0.3) is 5.91 Å². The fourth-order valence-corrected chi connectivity index (χ4v) is 3.17. The third-order valence-corrected chi connectivity index (χ3v) is 4.73. The molecule has 0 fully saturated rings.